The van der Waals surface area contributed by atoms with Crippen LogP contribution in [0.2, 0.25) is 5.02 Å². The lowest BCUT2D eigenvalue weighted by molar-refractivity contribution is 0.0450. The second kappa shape index (κ2) is 6.95. The van der Waals surface area contributed by atoms with Gasteiger partial charge in [-0.05, 0) is 51.1 Å². The fourth-order valence-corrected chi connectivity index (χ4v) is 2.71. The van der Waals surface area contributed by atoms with Crippen LogP contribution in [0.5, 0.6) is 0 Å². The number of carbonyl (C=O) groups excluding carboxylic acids is 1. The van der Waals surface area contributed by atoms with Crippen molar-refractivity contribution in [3.05, 3.63) is 28.8 Å². The molecule has 1 atom stereocenters. The van der Waals surface area contributed by atoms with Gasteiger partial charge in [-0.15, -0.1) is 0 Å². The standard InChI is InChI=1S/C15H21ClN2O2/c1-18-8-3-2-4-12(18)7-9-20-15(19)11-5-6-14(17)13(16)10-11/h5-6,10,12H,2-4,7-9,17H2,1H3. The Labute approximate surface area is 124 Å². The number of piperidine rings is 1. The number of hydrogen-bond acceptors (Lipinski definition) is 4. The van der Waals surface area contributed by atoms with Crippen molar-refractivity contribution in [2.45, 2.75) is 31.7 Å². The van der Waals surface area contributed by atoms with Gasteiger partial charge >= 0.3 is 5.97 Å². The molecular formula is C15H21ClN2O2. The first-order chi connectivity index (χ1) is 9.58. The van der Waals surface area contributed by atoms with Gasteiger partial charge in [0.2, 0.25) is 0 Å². The third-order valence-electron chi connectivity index (χ3n) is 3.84. The van der Waals surface area contributed by atoms with E-state index in [2.05, 4.69) is 11.9 Å². The van der Waals surface area contributed by atoms with Crippen LogP contribution in [0.15, 0.2) is 18.2 Å². The SMILES string of the molecule is CN1CCCCC1CCOC(=O)c1ccc(N)c(Cl)c1. The van der Waals surface area contributed by atoms with Gasteiger partial charge in [-0.25, -0.2) is 4.79 Å². The number of halogens is 1. The van der Waals surface area contributed by atoms with Crippen molar-refractivity contribution in [3.8, 4) is 0 Å². The molecule has 4 nitrogen and oxygen atoms in total. The molecule has 2 rings (SSSR count). The van der Waals surface area contributed by atoms with Gasteiger partial charge in [-0.1, -0.05) is 18.0 Å². The molecule has 1 fully saturated rings. The van der Waals surface area contributed by atoms with Crippen molar-refractivity contribution in [2.75, 3.05) is 25.9 Å². The number of hydrogen-bond donors (Lipinski definition) is 1. The summed E-state index contributed by atoms with van der Waals surface area (Å²) in [5.41, 5.74) is 6.52. The molecular weight excluding hydrogens is 276 g/mol. The normalized spacial score (nSPS) is 19.8. The average molecular weight is 297 g/mol. The monoisotopic (exact) mass is 296 g/mol. The van der Waals surface area contributed by atoms with E-state index in [-0.39, 0.29) is 5.97 Å². The Hall–Kier alpha value is -1.26. The Morgan fingerprint density at radius 1 is 1.50 bits per heavy atom. The Bertz CT molecular complexity index is 479. The number of nitrogens with two attached hydrogens (primary N) is 1. The Morgan fingerprint density at radius 2 is 2.30 bits per heavy atom. The molecule has 0 amide bonds. The van der Waals surface area contributed by atoms with Crippen molar-refractivity contribution in [1.82, 2.24) is 4.90 Å². The minimum Gasteiger partial charge on any atom is -0.462 e. The number of anilines is 1. The van der Waals surface area contributed by atoms with Crippen LogP contribution in [0.4, 0.5) is 5.69 Å². The molecule has 1 saturated heterocycles. The van der Waals surface area contributed by atoms with Crippen LogP contribution < -0.4 is 5.73 Å². The summed E-state index contributed by atoms with van der Waals surface area (Å²) < 4.78 is 5.31. The molecule has 1 unspecified atom stereocenters. The lowest BCUT2D eigenvalue weighted by Gasteiger charge is -2.32. The van der Waals surface area contributed by atoms with Crippen LogP contribution in [-0.4, -0.2) is 37.1 Å². The molecule has 1 heterocycles. The summed E-state index contributed by atoms with van der Waals surface area (Å²) in [6, 6.07) is 5.32. The van der Waals surface area contributed by atoms with E-state index in [1.54, 1.807) is 18.2 Å². The molecule has 1 aromatic carbocycles. The summed E-state index contributed by atoms with van der Waals surface area (Å²) in [5.74, 6) is -0.342. The van der Waals surface area contributed by atoms with Gasteiger partial charge in [-0.2, -0.15) is 0 Å². The minimum absolute atomic E-state index is 0.342. The van der Waals surface area contributed by atoms with E-state index in [9.17, 15) is 4.79 Å². The number of carbonyl (C=O) groups is 1. The van der Waals surface area contributed by atoms with Crippen LogP contribution in [-0.2, 0) is 4.74 Å². The topological polar surface area (TPSA) is 55.6 Å². The maximum absolute atomic E-state index is 11.9. The molecule has 1 aliphatic rings. The molecule has 2 N–H and O–H groups in total. The number of ether oxygens (including phenoxy) is 1. The van der Waals surface area contributed by atoms with E-state index in [1.807, 2.05) is 0 Å². The Morgan fingerprint density at radius 3 is 3.00 bits per heavy atom. The van der Waals surface area contributed by atoms with Crippen LogP contribution in [0.25, 0.3) is 0 Å². The predicted molar refractivity (Wildman–Crippen MR) is 81.0 cm³/mol. The van der Waals surface area contributed by atoms with E-state index in [1.165, 1.54) is 19.3 Å². The average Bonchev–Trinajstić information content (AvgIpc) is 2.44. The molecule has 5 heteroatoms. The van der Waals surface area contributed by atoms with E-state index in [0.717, 1.165) is 13.0 Å². The number of esters is 1. The fourth-order valence-electron chi connectivity index (χ4n) is 2.53. The lowest BCUT2D eigenvalue weighted by atomic mass is 10.0. The van der Waals surface area contributed by atoms with Crippen molar-refractivity contribution in [2.24, 2.45) is 0 Å². The first kappa shape index (κ1) is 15.1. The molecule has 110 valence electrons. The maximum Gasteiger partial charge on any atom is 0.338 e. The van der Waals surface area contributed by atoms with E-state index in [4.69, 9.17) is 22.1 Å². The van der Waals surface area contributed by atoms with Crippen molar-refractivity contribution in [3.63, 3.8) is 0 Å². The Balaban J connectivity index is 1.81. The number of rotatable bonds is 4. The zero-order valence-electron chi connectivity index (χ0n) is 11.8. The third kappa shape index (κ3) is 3.87. The van der Waals surface area contributed by atoms with Crippen molar-refractivity contribution >= 4 is 23.3 Å². The molecule has 20 heavy (non-hydrogen) atoms. The second-order valence-electron chi connectivity index (χ2n) is 5.29. The summed E-state index contributed by atoms with van der Waals surface area (Å²) in [7, 11) is 2.13. The highest BCUT2D eigenvalue weighted by Gasteiger charge is 2.19. The minimum atomic E-state index is -0.342. The van der Waals surface area contributed by atoms with Crippen LogP contribution in [0.3, 0.4) is 0 Å². The first-order valence-corrected chi connectivity index (χ1v) is 7.38. The number of benzene rings is 1. The fraction of sp³-hybridized carbons (Fsp3) is 0.533. The van der Waals surface area contributed by atoms with E-state index >= 15 is 0 Å². The molecule has 0 saturated carbocycles. The van der Waals surface area contributed by atoms with Gasteiger partial charge in [0.1, 0.15) is 0 Å². The molecule has 0 radical (unpaired) electrons. The van der Waals surface area contributed by atoms with Gasteiger partial charge in [0, 0.05) is 6.04 Å². The van der Waals surface area contributed by atoms with E-state index in [0.29, 0.717) is 28.9 Å². The van der Waals surface area contributed by atoms with Crippen LogP contribution >= 0.6 is 11.6 Å². The molecule has 0 aromatic heterocycles. The largest absolute Gasteiger partial charge is 0.462 e. The molecule has 0 bridgehead atoms. The highest BCUT2D eigenvalue weighted by atomic mass is 35.5. The zero-order valence-corrected chi connectivity index (χ0v) is 12.5. The number of nitrogens with zero attached hydrogens (tertiary/aromatic N) is 1. The summed E-state index contributed by atoms with van der Waals surface area (Å²) >= 11 is 5.89. The lowest BCUT2D eigenvalue weighted by Crippen LogP contribution is -2.37. The summed E-state index contributed by atoms with van der Waals surface area (Å²) in [6.07, 6.45) is 4.58. The zero-order chi connectivity index (χ0) is 14.5. The molecule has 0 aliphatic carbocycles. The summed E-state index contributed by atoms with van der Waals surface area (Å²) in [4.78, 5) is 14.2. The summed E-state index contributed by atoms with van der Waals surface area (Å²) in [6.45, 7) is 1.57. The van der Waals surface area contributed by atoms with Gasteiger partial charge in [0.15, 0.2) is 0 Å². The first-order valence-electron chi connectivity index (χ1n) is 7.00. The third-order valence-corrected chi connectivity index (χ3v) is 4.17. The van der Waals surface area contributed by atoms with Gasteiger partial charge in [-0.3, -0.25) is 0 Å². The van der Waals surface area contributed by atoms with Gasteiger partial charge in [0.05, 0.1) is 22.9 Å². The van der Waals surface area contributed by atoms with Crippen LogP contribution in [0.1, 0.15) is 36.0 Å². The molecule has 1 aliphatic heterocycles. The predicted octanol–water partition coefficient (Wildman–Crippen LogP) is 2.95. The van der Waals surface area contributed by atoms with Gasteiger partial charge in [0.25, 0.3) is 0 Å². The summed E-state index contributed by atoms with van der Waals surface area (Å²) in [5, 5.41) is 0.381. The quantitative estimate of drug-likeness (QED) is 0.685. The highest BCUT2D eigenvalue weighted by Crippen LogP contribution is 2.21. The van der Waals surface area contributed by atoms with Crippen LogP contribution in [0, 0.1) is 0 Å². The van der Waals surface area contributed by atoms with Gasteiger partial charge < -0.3 is 15.4 Å². The Kier molecular flexibility index (Phi) is 5.26. The maximum atomic E-state index is 11.9. The molecule has 0 spiro atoms. The number of likely N-dealkylation sites (tertiary alicyclic amines) is 1. The number of nitrogen functional groups attached to an aromatic ring is 1. The highest BCUT2D eigenvalue weighted by molar-refractivity contribution is 6.33. The van der Waals surface area contributed by atoms with Crippen molar-refractivity contribution in [1.29, 1.82) is 0 Å². The smallest absolute Gasteiger partial charge is 0.338 e. The van der Waals surface area contributed by atoms with E-state index < -0.39 is 0 Å². The van der Waals surface area contributed by atoms with Crippen molar-refractivity contribution < 1.29 is 9.53 Å². The second-order valence-corrected chi connectivity index (χ2v) is 5.70. The molecule has 1 aromatic rings.